The van der Waals surface area contributed by atoms with Gasteiger partial charge in [0.05, 0.1) is 0 Å². The van der Waals surface area contributed by atoms with Crippen LogP contribution in [0, 0.1) is 0 Å². The molecule has 96 valence electrons. The Balaban J connectivity index is 2.06. The summed E-state index contributed by atoms with van der Waals surface area (Å²) in [6.07, 6.45) is 0. The molecule has 0 atom stereocenters. The smallest absolute Gasteiger partial charge is 0.227 e. The molecule has 3 rings (SSSR count). The first kappa shape index (κ1) is 12.2. The molecule has 1 aromatic heterocycles. The Kier molecular flexibility index (Phi) is 3.23. The van der Waals surface area contributed by atoms with Crippen LogP contribution in [0.15, 0.2) is 46.9 Å². The van der Waals surface area contributed by atoms with Gasteiger partial charge in [0.25, 0.3) is 0 Å². The Labute approximate surface area is 116 Å². The van der Waals surface area contributed by atoms with Crippen molar-refractivity contribution in [2.75, 3.05) is 7.05 Å². The van der Waals surface area contributed by atoms with Crippen LogP contribution in [0.4, 0.5) is 0 Å². The lowest BCUT2D eigenvalue weighted by atomic mass is 10.2. The predicted molar refractivity (Wildman–Crippen MR) is 77.2 cm³/mol. The molecular formula is C15H13ClN2O. The molecule has 19 heavy (non-hydrogen) atoms. The summed E-state index contributed by atoms with van der Waals surface area (Å²) >= 11 is 5.98. The molecule has 4 heteroatoms. The molecule has 3 nitrogen and oxygen atoms in total. The van der Waals surface area contributed by atoms with Crippen LogP contribution in [0.1, 0.15) is 5.56 Å². The van der Waals surface area contributed by atoms with Gasteiger partial charge >= 0.3 is 0 Å². The summed E-state index contributed by atoms with van der Waals surface area (Å²) < 4.78 is 5.75. The predicted octanol–water partition coefficient (Wildman–Crippen LogP) is 3.87. The Morgan fingerprint density at radius 3 is 2.89 bits per heavy atom. The molecule has 0 spiro atoms. The van der Waals surface area contributed by atoms with Crippen LogP contribution >= 0.6 is 11.6 Å². The van der Waals surface area contributed by atoms with E-state index in [2.05, 4.69) is 10.3 Å². The first-order valence-electron chi connectivity index (χ1n) is 6.06. The summed E-state index contributed by atoms with van der Waals surface area (Å²) in [7, 11) is 1.92. The van der Waals surface area contributed by atoms with Gasteiger partial charge in [0.1, 0.15) is 5.52 Å². The minimum atomic E-state index is 0.596. The maximum atomic E-state index is 5.98. The lowest BCUT2D eigenvalue weighted by molar-refractivity contribution is 0.619. The van der Waals surface area contributed by atoms with E-state index in [0.717, 1.165) is 23.2 Å². The number of fused-ring (bicyclic) bond motifs is 1. The van der Waals surface area contributed by atoms with Crippen molar-refractivity contribution in [2.45, 2.75) is 6.54 Å². The van der Waals surface area contributed by atoms with Crippen LogP contribution in [0.3, 0.4) is 0 Å². The summed E-state index contributed by atoms with van der Waals surface area (Å²) in [5, 5.41) is 3.80. The first-order valence-corrected chi connectivity index (χ1v) is 6.44. The second-order valence-corrected chi connectivity index (χ2v) is 4.80. The number of oxazole rings is 1. The van der Waals surface area contributed by atoms with Crippen molar-refractivity contribution in [3.05, 3.63) is 53.1 Å². The third-order valence-electron chi connectivity index (χ3n) is 2.90. The number of aromatic nitrogens is 1. The summed E-state index contributed by atoms with van der Waals surface area (Å²) in [5.41, 5.74) is 3.72. The average molecular weight is 273 g/mol. The maximum Gasteiger partial charge on any atom is 0.227 e. The zero-order valence-corrected chi connectivity index (χ0v) is 11.2. The number of hydrogen-bond donors (Lipinski definition) is 1. The molecule has 0 radical (unpaired) electrons. The number of benzene rings is 2. The molecule has 0 fully saturated rings. The third-order valence-corrected chi connectivity index (χ3v) is 3.14. The SMILES string of the molecule is CNCc1ccc2oc(-c3cccc(Cl)c3)nc2c1. The van der Waals surface area contributed by atoms with Crippen molar-refractivity contribution in [1.29, 1.82) is 0 Å². The normalized spacial score (nSPS) is 11.1. The van der Waals surface area contributed by atoms with Crippen LogP contribution in [0.2, 0.25) is 5.02 Å². The van der Waals surface area contributed by atoms with Gasteiger partial charge in [-0.05, 0) is 42.9 Å². The molecule has 3 aromatic rings. The second-order valence-electron chi connectivity index (χ2n) is 4.36. The van der Waals surface area contributed by atoms with Crippen molar-refractivity contribution >= 4 is 22.7 Å². The lowest BCUT2D eigenvalue weighted by Gasteiger charge is -1.97. The highest BCUT2D eigenvalue weighted by Crippen LogP contribution is 2.26. The fourth-order valence-corrected chi connectivity index (χ4v) is 2.22. The summed E-state index contributed by atoms with van der Waals surface area (Å²) in [5.74, 6) is 0.596. The standard InChI is InChI=1S/C15H13ClN2O/c1-17-9-10-5-6-14-13(7-10)18-15(19-14)11-3-2-4-12(16)8-11/h2-8,17H,9H2,1H3. The summed E-state index contributed by atoms with van der Waals surface area (Å²) in [4.78, 5) is 4.51. The van der Waals surface area contributed by atoms with Gasteiger partial charge in [0.2, 0.25) is 5.89 Å². The highest BCUT2D eigenvalue weighted by atomic mass is 35.5. The molecule has 1 N–H and O–H groups in total. The number of halogens is 1. The lowest BCUT2D eigenvalue weighted by Crippen LogP contribution is -2.04. The molecule has 0 aliphatic heterocycles. The van der Waals surface area contributed by atoms with Crippen molar-refractivity contribution in [3.63, 3.8) is 0 Å². The van der Waals surface area contributed by atoms with E-state index in [0.29, 0.717) is 10.9 Å². The monoisotopic (exact) mass is 272 g/mol. The Bertz CT molecular complexity index is 721. The quantitative estimate of drug-likeness (QED) is 0.787. The first-order chi connectivity index (χ1) is 9.26. The minimum absolute atomic E-state index is 0.596. The highest BCUT2D eigenvalue weighted by molar-refractivity contribution is 6.30. The third kappa shape index (κ3) is 2.48. The van der Waals surface area contributed by atoms with Gasteiger partial charge in [0, 0.05) is 17.1 Å². The van der Waals surface area contributed by atoms with E-state index < -0.39 is 0 Å². The van der Waals surface area contributed by atoms with E-state index >= 15 is 0 Å². The maximum absolute atomic E-state index is 5.98. The molecule has 0 aliphatic rings. The zero-order valence-electron chi connectivity index (χ0n) is 10.5. The van der Waals surface area contributed by atoms with Gasteiger partial charge in [-0.15, -0.1) is 0 Å². The summed E-state index contributed by atoms with van der Waals surface area (Å²) in [6, 6.07) is 13.5. The number of nitrogens with one attached hydrogen (secondary N) is 1. The van der Waals surface area contributed by atoms with E-state index in [1.54, 1.807) is 0 Å². The average Bonchev–Trinajstić information content (AvgIpc) is 2.82. The van der Waals surface area contributed by atoms with Gasteiger partial charge < -0.3 is 9.73 Å². The van der Waals surface area contributed by atoms with Crippen molar-refractivity contribution in [3.8, 4) is 11.5 Å². The second kappa shape index (κ2) is 5.03. The molecule has 2 aromatic carbocycles. The van der Waals surface area contributed by atoms with E-state index in [-0.39, 0.29) is 0 Å². The number of hydrogen-bond acceptors (Lipinski definition) is 3. The van der Waals surface area contributed by atoms with Crippen LogP contribution in [-0.4, -0.2) is 12.0 Å². The van der Waals surface area contributed by atoms with Crippen LogP contribution in [0.5, 0.6) is 0 Å². The fourth-order valence-electron chi connectivity index (χ4n) is 2.03. The van der Waals surface area contributed by atoms with Gasteiger partial charge in [0.15, 0.2) is 5.58 Å². The van der Waals surface area contributed by atoms with E-state index in [1.807, 2.05) is 49.5 Å². The largest absolute Gasteiger partial charge is 0.436 e. The Morgan fingerprint density at radius 2 is 2.11 bits per heavy atom. The zero-order chi connectivity index (χ0) is 13.2. The van der Waals surface area contributed by atoms with Gasteiger partial charge in [-0.25, -0.2) is 4.98 Å². The minimum Gasteiger partial charge on any atom is -0.436 e. The molecule has 1 heterocycles. The number of rotatable bonds is 3. The van der Waals surface area contributed by atoms with Crippen molar-refractivity contribution < 1.29 is 4.42 Å². The topological polar surface area (TPSA) is 38.1 Å². The van der Waals surface area contributed by atoms with E-state index in [9.17, 15) is 0 Å². The number of nitrogens with zero attached hydrogens (tertiary/aromatic N) is 1. The van der Waals surface area contributed by atoms with E-state index in [4.69, 9.17) is 16.0 Å². The molecular weight excluding hydrogens is 260 g/mol. The summed E-state index contributed by atoms with van der Waals surface area (Å²) in [6.45, 7) is 0.815. The Morgan fingerprint density at radius 1 is 1.21 bits per heavy atom. The molecule has 0 bridgehead atoms. The highest BCUT2D eigenvalue weighted by Gasteiger charge is 2.08. The fraction of sp³-hybridized carbons (Fsp3) is 0.133. The van der Waals surface area contributed by atoms with Crippen LogP contribution in [-0.2, 0) is 6.54 Å². The van der Waals surface area contributed by atoms with Gasteiger partial charge in [-0.3, -0.25) is 0 Å². The van der Waals surface area contributed by atoms with Crippen molar-refractivity contribution in [1.82, 2.24) is 10.3 Å². The molecule has 0 amide bonds. The van der Waals surface area contributed by atoms with Gasteiger partial charge in [-0.2, -0.15) is 0 Å². The van der Waals surface area contributed by atoms with Gasteiger partial charge in [-0.1, -0.05) is 23.7 Å². The Hall–Kier alpha value is -1.84. The van der Waals surface area contributed by atoms with Crippen LogP contribution < -0.4 is 5.32 Å². The molecule has 0 unspecified atom stereocenters. The molecule has 0 saturated heterocycles. The van der Waals surface area contributed by atoms with Crippen LogP contribution in [0.25, 0.3) is 22.6 Å². The van der Waals surface area contributed by atoms with E-state index in [1.165, 1.54) is 5.56 Å². The molecule has 0 aliphatic carbocycles. The molecule has 0 saturated carbocycles. The van der Waals surface area contributed by atoms with Crippen molar-refractivity contribution in [2.24, 2.45) is 0 Å².